The Morgan fingerprint density at radius 1 is 1.12 bits per heavy atom. The lowest BCUT2D eigenvalue weighted by atomic mass is 9.92. The van der Waals surface area contributed by atoms with E-state index in [1.807, 2.05) is 0 Å². The highest BCUT2D eigenvalue weighted by atomic mass is 79.9. The number of allylic oxidation sites excluding steroid dienone is 3. The maximum absolute atomic E-state index is 14.4. The van der Waals surface area contributed by atoms with E-state index in [4.69, 9.17) is 0 Å². The van der Waals surface area contributed by atoms with E-state index in [-0.39, 0.29) is 12.5 Å². The zero-order valence-corrected chi connectivity index (χ0v) is 16.0. The summed E-state index contributed by atoms with van der Waals surface area (Å²) in [6, 6.07) is 0. The van der Waals surface area contributed by atoms with Gasteiger partial charge in [-0.25, -0.2) is 8.78 Å². The van der Waals surface area contributed by atoms with Gasteiger partial charge in [0.1, 0.15) is 4.32 Å². The van der Waals surface area contributed by atoms with Crippen LogP contribution < -0.4 is 0 Å². The van der Waals surface area contributed by atoms with E-state index in [1.54, 1.807) is 0 Å². The highest BCUT2D eigenvalue weighted by molar-refractivity contribution is 9.12. The summed E-state index contributed by atoms with van der Waals surface area (Å²) >= 11 is 0.646. The predicted molar refractivity (Wildman–Crippen MR) is 80.2 cm³/mol. The highest BCUT2D eigenvalue weighted by Gasteiger charge is 2.80. The van der Waals surface area contributed by atoms with Crippen LogP contribution in [0, 0.1) is 6.17 Å². The summed E-state index contributed by atoms with van der Waals surface area (Å²) in [6.07, 6.45) is -8.18. The summed E-state index contributed by atoms with van der Waals surface area (Å²) in [5, 5.41) is -6.18. The Kier molecular flexibility index (Phi) is 6.73. The average molecular weight is 531 g/mol. The minimum atomic E-state index is -6.73. The molecule has 25 heavy (non-hydrogen) atoms. The van der Waals surface area contributed by atoms with Gasteiger partial charge < -0.3 is 4.55 Å². The minimum Gasteiger partial charge on any atom is -0.606 e. The van der Waals surface area contributed by atoms with Gasteiger partial charge in [0, 0.05) is 10.6 Å². The molecule has 0 aromatic carbocycles. The Bertz CT molecular complexity index is 590. The van der Waals surface area contributed by atoms with Gasteiger partial charge in [-0.15, -0.1) is 8.78 Å². The zero-order valence-electron chi connectivity index (χ0n) is 12.0. The molecule has 0 aliphatic heterocycles. The molecule has 0 saturated carbocycles. The first-order valence-electron chi connectivity index (χ1n) is 6.29. The van der Waals surface area contributed by atoms with Crippen molar-refractivity contribution in [3.63, 3.8) is 0 Å². The van der Waals surface area contributed by atoms with Gasteiger partial charge in [0.2, 0.25) is 6.17 Å². The number of hydrogen-bond acceptors (Lipinski definition) is 1. The van der Waals surface area contributed by atoms with Crippen LogP contribution in [0.3, 0.4) is 0 Å². The summed E-state index contributed by atoms with van der Waals surface area (Å²) in [4.78, 5) is -1.67. The molecule has 1 aliphatic rings. The van der Waals surface area contributed by atoms with Crippen LogP contribution in [0.1, 0.15) is 19.8 Å². The summed E-state index contributed by atoms with van der Waals surface area (Å²) in [7, 11) is 0. The molecule has 0 fully saturated rings. The molecule has 1 rings (SSSR count). The van der Waals surface area contributed by atoms with E-state index in [0.717, 1.165) is 0 Å². The smallest absolute Gasteiger partial charge is 0.486 e. The van der Waals surface area contributed by atoms with Gasteiger partial charge in [-0.05, 0) is 6.42 Å². The van der Waals surface area contributed by atoms with Crippen molar-refractivity contribution >= 4 is 43.0 Å². The first-order valence-corrected chi connectivity index (χ1v) is 9.03. The molecule has 0 heterocycles. The average Bonchev–Trinajstić information content (AvgIpc) is 2.47. The second kappa shape index (κ2) is 7.27. The van der Waals surface area contributed by atoms with E-state index in [9.17, 15) is 44.1 Å². The monoisotopic (exact) mass is 529 g/mol. The number of rotatable bonds is 5. The topological polar surface area (TPSA) is 23.1 Å². The zero-order chi connectivity index (χ0) is 20.0. The first-order chi connectivity index (χ1) is 11.1. The standard InChI is InChI=1S/C12H8Br2F9OS/c1-2-3-9(14)7(15)5(13)4-6(8(9)16)25(24)12(22,23)10(17,18)11(19,20)21/h4H,2-3H2,1H3. The second-order valence-electron chi connectivity index (χ2n) is 4.89. The van der Waals surface area contributed by atoms with Crippen molar-refractivity contribution < 1.29 is 44.1 Å². The maximum atomic E-state index is 14.4. The van der Waals surface area contributed by atoms with Crippen LogP contribution in [0.15, 0.2) is 21.3 Å². The molecular weight excluding hydrogens is 523 g/mol. The number of hydrogen-bond donors (Lipinski definition) is 0. The van der Waals surface area contributed by atoms with Crippen LogP contribution in [-0.4, -0.2) is 26.2 Å². The third kappa shape index (κ3) is 3.75. The van der Waals surface area contributed by atoms with Crippen molar-refractivity contribution in [2.45, 2.75) is 41.4 Å². The molecule has 0 N–H and O–H groups in total. The molecule has 0 bridgehead atoms. The molecule has 1 aliphatic carbocycles. The fraction of sp³-hybridized carbons (Fsp3) is 0.583. The molecular formula is C12H8Br2F9OS. The Morgan fingerprint density at radius 3 is 2.00 bits per heavy atom. The number of halogens is 11. The summed E-state index contributed by atoms with van der Waals surface area (Å²) in [5.74, 6) is -8.57. The molecule has 0 aromatic rings. The van der Waals surface area contributed by atoms with Crippen LogP contribution in [0.2, 0.25) is 0 Å². The van der Waals surface area contributed by atoms with E-state index < -0.39 is 60.7 Å². The Labute approximate surface area is 156 Å². The highest BCUT2D eigenvalue weighted by Crippen LogP contribution is 2.56. The fourth-order valence-electron chi connectivity index (χ4n) is 1.84. The van der Waals surface area contributed by atoms with Crippen LogP contribution in [-0.2, 0) is 11.2 Å². The molecule has 145 valence electrons. The molecule has 2 atom stereocenters. The molecule has 1 radical (unpaired) electrons. The van der Waals surface area contributed by atoms with Crippen LogP contribution in [0.25, 0.3) is 0 Å². The lowest BCUT2D eigenvalue weighted by Gasteiger charge is -2.34. The van der Waals surface area contributed by atoms with Crippen LogP contribution >= 0.6 is 31.9 Å². The van der Waals surface area contributed by atoms with Crippen molar-refractivity contribution in [1.29, 1.82) is 0 Å². The van der Waals surface area contributed by atoms with Crippen LogP contribution in [0.5, 0.6) is 0 Å². The Balaban J connectivity index is 3.50. The molecule has 0 saturated heterocycles. The second-order valence-corrected chi connectivity index (χ2v) is 8.59. The molecule has 13 heteroatoms. The van der Waals surface area contributed by atoms with Gasteiger partial charge in [0.05, 0.1) is 11.2 Å². The van der Waals surface area contributed by atoms with Crippen molar-refractivity contribution in [3.8, 4) is 0 Å². The summed E-state index contributed by atoms with van der Waals surface area (Å²) < 4.78 is 127. The van der Waals surface area contributed by atoms with Gasteiger partial charge in [-0.3, -0.25) is 0 Å². The van der Waals surface area contributed by atoms with Crippen molar-refractivity contribution in [2.24, 2.45) is 0 Å². The molecule has 1 nitrogen and oxygen atoms in total. The van der Waals surface area contributed by atoms with E-state index in [2.05, 4.69) is 31.9 Å². The first kappa shape index (κ1) is 23.2. The lowest BCUT2D eigenvalue weighted by molar-refractivity contribution is -0.331. The normalized spacial score (nSPS) is 25.2. The van der Waals surface area contributed by atoms with Gasteiger partial charge >= 0.3 is 17.4 Å². The van der Waals surface area contributed by atoms with Gasteiger partial charge in [0.25, 0.3) is 0 Å². The fourth-order valence-corrected chi connectivity index (χ4v) is 4.97. The molecule has 0 spiro atoms. The van der Waals surface area contributed by atoms with Gasteiger partial charge in [0.15, 0.2) is 10.7 Å². The SMILES string of the molecule is CCCC1(Br)[C](F)C(Br)=CC([S+]([O-])C(F)(F)C(F)(F)C(F)(F)F)=C1F. The van der Waals surface area contributed by atoms with Gasteiger partial charge in [-0.1, -0.05) is 45.2 Å². The Hall–Kier alpha value is 0.120. The van der Waals surface area contributed by atoms with E-state index >= 15 is 0 Å². The largest absolute Gasteiger partial charge is 0.606 e. The summed E-state index contributed by atoms with van der Waals surface area (Å²) in [6.45, 7) is 1.44. The predicted octanol–water partition coefficient (Wildman–Crippen LogP) is 6.43. The van der Waals surface area contributed by atoms with Gasteiger partial charge in [-0.2, -0.15) is 22.0 Å². The number of alkyl halides is 8. The van der Waals surface area contributed by atoms with Crippen molar-refractivity contribution in [3.05, 3.63) is 27.5 Å². The van der Waals surface area contributed by atoms with Crippen molar-refractivity contribution in [1.82, 2.24) is 0 Å². The van der Waals surface area contributed by atoms with E-state index in [0.29, 0.717) is 0 Å². The molecule has 2 unspecified atom stereocenters. The third-order valence-corrected chi connectivity index (χ3v) is 6.22. The summed E-state index contributed by atoms with van der Waals surface area (Å²) in [5.41, 5.74) is 0. The van der Waals surface area contributed by atoms with E-state index in [1.165, 1.54) is 6.92 Å². The van der Waals surface area contributed by atoms with Crippen molar-refractivity contribution in [2.75, 3.05) is 0 Å². The molecule has 0 aromatic heterocycles. The quantitative estimate of drug-likeness (QED) is 0.228. The lowest BCUT2D eigenvalue weighted by Crippen LogP contribution is -2.56. The maximum Gasteiger partial charge on any atom is 0.486 e. The minimum absolute atomic E-state index is 0.0708. The molecule has 0 amide bonds. The third-order valence-electron chi connectivity index (χ3n) is 3.13. The van der Waals surface area contributed by atoms with Crippen LogP contribution in [0.4, 0.5) is 39.5 Å². The Morgan fingerprint density at radius 2 is 1.60 bits per heavy atom.